The van der Waals surface area contributed by atoms with Gasteiger partial charge in [0.1, 0.15) is 5.75 Å². The van der Waals surface area contributed by atoms with Gasteiger partial charge in [-0.3, -0.25) is 19.3 Å². The Balaban J connectivity index is 1.37. The van der Waals surface area contributed by atoms with Crippen molar-refractivity contribution >= 4 is 45.3 Å². The fraction of sp³-hybridized carbons (Fsp3) is 0.174. The standard InChI is InChI=1S/C23H19BrN4O4/c1-13-10-14(2)26-23(25-13)27-16-4-3-5-17(12-16)32-20(29)8-9-28-21(30)18-7-6-15(24)11-19(18)22(28)31/h3-7,10-12H,8-9H2,1-2H3,(H,25,26,27). The summed E-state index contributed by atoms with van der Waals surface area (Å²) < 4.78 is 6.10. The van der Waals surface area contributed by atoms with E-state index in [9.17, 15) is 14.4 Å². The van der Waals surface area contributed by atoms with E-state index in [1.165, 1.54) is 0 Å². The minimum atomic E-state index is -0.553. The number of hydrogen-bond donors (Lipinski definition) is 1. The van der Waals surface area contributed by atoms with Crippen LogP contribution in [0.3, 0.4) is 0 Å². The maximum absolute atomic E-state index is 12.5. The minimum absolute atomic E-state index is 0.0584. The number of benzene rings is 2. The molecule has 3 aromatic rings. The van der Waals surface area contributed by atoms with Gasteiger partial charge in [-0.1, -0.05) is 22.0 Å². The molecule has 0 fully saturated rings. The molecule has 1 N–H and O–H groups in total. The molecule has 0 radical (unpaired) electrons. The van der Waals surface area contributed by atoms with Crippen LogP contribution in [-0.2, 0) is 4.79 Å². The molecule has 1 aliphatic rings. The van der Waals surface area contributed by atoms with Crippen LogP contribution >= 0.6 is 15.9 Å². The molecule has 0 atom stereocenters. The molecule has 32 heavy (non-hydrogen) atoms. The first-order valence-corrected chi connectivity index (χ1v) is 10.7. The number of anilines is 2. The molecule has 0 saturated heterocycles. The number of carbonyl (C=O) groups is 3. The number of amides is 2. The highest BCUT2D eigenvalue weighted by atomic mass is 79.9. The Labute approximate surface area is 192 Å². The van der Waals surface area contributed by atoms with Crippen molar-refractivity contribution in [2.45, 2.75) is 20.3 Å². The lowest BCUT2D eigenvalue weighted by molar-refractivity contribution is -0.134. The van der Waals surface area contributed by atoms with Crippen LogP contribution in [-0.4, -0.2) is 39.2 Å². The Hall–Kier alpha value is -3.59. The van der Waals surface area contributed by atoms with Crippen molar-refractivity contribution in [3.05, 3.63) is 75.5 Å². The molecule has 9 heteroatoms. The van der Waals surface area contributed by atoms with Crippen LogP contribution < -0.4 is 10.1 Å². The van der Waals surface area contributed by atoms with Gasteiger partial charge in [0.2, 0.25) is 5.95 Å². The topological polar surface area (TPSA) is 101 Å². The molecular weight excluding hydrogens is 476 g/mol. The van der Waals surface area contributed by atoms with E-state index < -0.39 is 17.8 Å². The molecule has 0 unspecified atom stereocenters. The molecule has 2 aromatic carbocycles. The summed E-state index contributed by atoms with van der Waals surface area (Å²) in [6.45, 7) is 3.70. The highest BCUT2D eigenvalue weighted by Crippen LogP contribution is 2.26. The number of rotatable bonds is 6. The number of ether oxygens (including phenoxy) is 1. The molecule has 0 spiro atoms. The number of halogens is 1. The molecule has 0 saturated carbocycles. The van der Waals surface area contributed by atoms with Gasteiger partial charge in [-0.2, -0.15) is 0 Å². The van der Waals surface area contributed by atoms with Gasteiger partial charge in [0.05, 0.1) is 17.5 Å². The summed E-state index contributed by atoms with van der Waals surface area (Å²) in [6, 6.07) is 13.6. The van der Waals surface area contributed by atoms with Gasteiger partial charge < -0.3 is 10.1 Å². The molecule has 0 aliphatic carbocycles. The summed E-state index contributed by atoms with van der Waals surface area (Å²) in [5, 5.41) is 3.09. The number of esters is 1. The van der Waals surface area contributed by atoms with Crippen LogP contribution in [0.1, 0.15) is 38.5 Å². The van der Waals surface area contributed by atoms with Crippen molar-refractivity contribution in [1.82, 2.24) is 14.9 Å². The van der Waals surface area contributed by atoms with Gasteiger partial charge in [-0.05, 0) is 50.2 Å². The van der Waals surface area contributed by atoms with Crippen LogP contribution in [0.25, 0.3) is 0 Å². The monoisotopic (exact) mass is 494 g/mol. The third-order valence-electron chi connectivity index (χ3n) is 4.78. The van der Waals surface area contributed by atoms with Crippen LogP contribution in [0.4, 0.5) is 11.6 Å². The third-order valence-corrected chi connectivity index (χ3v) is 5.27. The van der Waals surface area contributed by atoms with E-state index in [0.717, 1.165) is 16.3 Å². The number of fused-ring (bicyclic) bond motifs is 1. The van der Waals surface area contributed by atoms with Crippen molar-refractivity contribution in [2.24, 2.45) is 0 Å². The minimum Gasteiger partial charge on any atom is -0.426 e. The van der Waals surface area contributed by atoms with Crippen LogP contribution in [0.5, 0.6) is 5.75 Å². The zero-order valence-electron chi connectivity index (χ0n) is 17.4. The maximum atomic E-state index is 12.5. The van der Waals surface area contributed by atoms with Gasteiger partial charge in [-0.25, -0.2) is 9.97 Å². The lowest BCUT2D eigenvalue weighted by Gasteiger charge is -2.13. The fourth-order valence-electron chi connectivity index (χ4n) is 3.40. The molecule has 1 aromatic heterocycles. The quantitative estimate of drug-likeness (QED) is 0.311. The normalized spacial score (nSPS) is 12.7. The van der Waals surface area contributed by atoms with Crippen LogP contribution in [0, 0.1) is 13.8 Å². The van der Waals surface area contributed by atoms with Crippen molar-refractivity contribution in [3.63, 3.8) is 0 Å². The molecule has 2 amide bonds. The van der Waals surface area contributed by atoms with Gasteiger partial charge in [-0.15, -0.1) is 0 Å². The van der Waals surface area contributed by atoms with E-state index in [1.54, 1.807) is 42.5 Å². The Morgan fingerprint density at radius 3 is 2.47 bits per heavy atom. The van der Waals surface area contributed by atoms with Gasteiger partial charge in [0, 0.05) is 34.2 Å². The second kappa shape index (κ2) is 8.88. The molecule has 2 heterocycles. The van der Waals surface area contributed by atoms with E-state index in [-0.39, 0.29) is 13.0 Å². The summed E-state index contributed by atoms with van der Waals surface area (Å²) in [4.78, 5) is 47.0. The van der Waals surface area contributed by atoms with Crippen molar-refractivity contribution < 1.29 is 19.1 Å². The number of carbonyl (C=O) groups excluding carboxylic acids is 3. The number of hydrogen-bond acceptors (Lipinski definition) is 7. The van der Waals surface area contributed by atoms with E-state index in [0.29, 0.717) is 33.0 Å². The van der Waals surface area contributed by atoms with Gasteiger partial charge in [0.25, 0.3) is 11.8 Å². The highest BCUT2D eigenvalue weighted by Gasteiger charge is 2.35. The van der Waals surface area contributed by atoms with Crippen LogP contribution in [0.15, 0.2) is 53.0 Å². The Morgan fingerprint density at radius 1 is 1.00 bits per heavy atom. The van der Waals surface area contributed by atoms with E-state index in [1.807, 2.05) is 19.9 Å². The van der Waals surface area contributed by atoms with E-state index in [2.05, 4.69) is 31.2 Å². The van der Waals surface area contributed by atoms with Gasteiger partial charge >= 0.3 is 5.97 Å². The van der Waals surface area contributed by atoms with E-state index >= 15 is 0 Å². The largest absolute Gasteiger partial charge is 0.426 e. The molecule has 8 nitrogen and oxygen atoms in total. The molecule has 162 valence electrons. The van der Waals surface area contributed by atoms with E-state index in [4.69, 9.17) is 4.74 Å². The predicted octanol–water partition coefficient (Wildman–Crippen LogP) is 4.19. The number of aryl methyl sites for hydroxylation is 2. The summed E-state index contributed by atoms with van der Waals surface area (Å²) in [6.07, 6.45) is -0.121. The SMILES string of the molecule is Cc1cc(C)nc(Nc2cccc(OC(=O)CCN3C(=O)c4ccc(Br)cc4C3=O)c2)n1. The second-order valence-corrected chi connectivity index (χ2v) is 8.22. The lowest BCUT2D eigenvalue weighted by atomic mass is 10.1. The number of imide groups is 1. The highest BCUT2D eigenvalue weighted by molar-refractivity contribution is 9.10. The average Bonchev–Trinajstić information content (AvgIpc) is 2.95. The maximum Gasteiger partial charge on any atom is 0.313 e. The first-order chi connectivity index (χ1) is 15.3. The second-order valence-electron chi connectivity index (χ2n) is 7.30. The number of nitrogens with one attached hydrogen (secondary N) is 1. The predicted molar refractivity (Wildman–Crippen MR) is 121 cm³/mol. The van der Waals surface area contributed by atoms with Gasteiger partial charge in [0.15, 0.2) is 0 Å². The Kier molecular flexibility index (Phi) is 6.00. The summed E-state index contributed by atoms with van der Waals surface area (Å²) in [5.74, 6) is -0.606. The first-order valence-electron chi connectivity index (χ1n) is 9.86. The van der Waals surface area contributed by atoms with Crippen molar-refractivity contribution in [1.29, 1.82) is 0 Å². The molecule has 1 aliphatic heterocycles. The molecular formula is C23H19BrN4O4. The third kappa shape index (κ3) is 4.67. The van der Waals surface area contributed by atoms with Crippen LogP contribution in [0.2, 0.25) is 0 Å². The number of nitrogens with zero attached hydrogens (tertiary/aromatic N) is 3. The summed E-state index contributed by atoms with van der Waals surface area (Å²) in [5.41, 5.74) is 2.99. The average molecular weight is 495 g/mol. The van der Waals surface area contributed by atoms with Crippen molar-refractivity contribution in [2.75, 3.05) is 11.9 Å². The Morgan fingerprint density at radius 2 is 1.72 bits per heavy atom. The first kappa shape index (κ1) is 21.6. The Bertz CT molecular complexity index is 1220. The summed E-state index contributed by atoms with van der Waals surface area (Å²) in [7, 11) is 0. The smallest absolute Gasteiger partial charge is 0.313 e. The molecule has 4 rings (SSSR count). The fourth-order valence-corrected chi connectivity index (χ4v) is 3.76. The summed E-state index contributed by atoms with van der Waals surface area (Å²) >= 11 is 3.30. The zero-order valence-corrected chi connectivity index (χ0v) is 19.0. The van der Waals surface area contributed by atoms with Crippen molar-refractivity contribution in [3.8, 4) is 5.75 Å². The lowest BCUT2D eigenvalue weighted by Crippen LogP contribution is -2.32. The zero-order chi connectivity index (χ0) is 22.8. The number of aromatic nitrogens is 2. The molecule has 0 bridgehead atoms.